The van der Waals surface area contributed by atoms with Gasteiger partial charge >= 0.3 is 0 Å². The first-order chi connectivity index (χ1) is 13.6. The van der Waals surface area contributed by atoms with E-state index in [0.29, 0.717) is 53.3 Å². The van der Waals surface area contributed by atoms with Crippen LogP contribution in [0, 0.1) is 0 Å². The number of fused-ring (bicyclic) bond motifs is 1. The maximum Gasteiger partial charge on any atom is 0.261 e. The molecule has 0 unspecified atom stereocenters. The highest BCUT2D eigenvalue weighted by atomic mass is 35.5. The number of carbonyl (C=O) groups is 1. The molecule has 1 aromatic carbocycles. The average molecular weight is 399 g/mol. The Balaban J connectivity index is 1.60. The number of aromatic nitrogens is 3. The summed E-state index contributed by atoms with van der Waals surface area (Å²) in [6, 6.07) is 11.1. The van der Waals surface area contributed by atoms with Crippen molar-refractivity contribution in [3.05, 3.63) is 52.8 Å². The highest BCUT2D eigenvalue weighted by Gasteiger charge is 2.21. The highest BCUT2D eigenvalue weighted by Crippen LogP contribution is 2.34. The molecule has 3 heterocycles. The Hall–Kier alpha value is -3.06. The lowest BCUT2D eigenvalue weighted by molar-refractivity contribution is 0.102. The smallest absolute Gasteiger partial charge is 0.261 e. The summed E-state index contributed by atoms with van der Waals surface area (Å²) in [6.07, 6.45) is 0.605. The van der Waals surface area contributed by atoms with Crippen LogP contribution in [0.2, 0.25) is 5.15 Å². The van der Waals surface area contributed by atoms with Gasteiger partial charge in [-0.15, -0.1) is 0 Å². The molecular formula is C20H19ClN4O3. The summed E-state index contributed by atoms with van der Waals surface area (Å²) in [5, 5.41) is 7.39. The first kappa shape index (κ1) is 18.3. The SMILES string of the molecule is CCc1nn(C)c(Cl)c1C(=O)Nc1cccc(-c2ccc3c(c2)OCCO3)n1. The summed E-state index contributed by atoms with van der Waals surface area (Å²) in [6.45, 7) is 2.99. The number of nitrogens with one attached hydrogen (secondary N) is 1. The van der Waals surface area contributed by atoms with E-state index in [0.717, 1.165) is 11.3 Å². The fraction of sp³-hybridized carbons (Fsp3) is 0.250. The molecule has 0 aliphatic carbocycles. The average Bonchev–Trinajstić information content (AvgIpc) is 3.01. The van der Waals surface area contributed by atoms with Crippen LogP contribution in [0.4, 0.5) is 5.82 Å². The van der Waals surface area contributed by atoms with Gasteiger partial charge in [0.1, 0.15) is 24.2 Å². The van der Waals surface area contributed by atoms with Crippen molar-refractivity contribution in [3.8, 4) is 22.8 Å². The van der Waals surface area contributed by atoms with Gasteiger partial charge in [-0.1, -0.05) is 24.6 Å². The zero-order valence-corrected chi connectivity index (χ0v) is 16.3. The van der Waals surface area contributed by atoms with Gasteiger partial charge in [0.15, 0.2) is 11.5 Å². The van der Waals surface area contributed by atoms with Gasteiger partial charge in [-0.05, 0) is 36.8 Å². The van der Waals surface area contributed by atoms with Crippen LogP contribution in [0.25, 0.3) is 11.3 Å². The topological polar surface area (TPSA) is 78.3 Å². The predicted octanol–water partition coefficient (Wildman–Crippen LogP) is 3.72. The molecule has 0 spiro atoms. The maximum absolute atomic E-state index is 12.7. The third kappa shape index (κ3) is 3.41. The number of rotatable bonds is 4. The number of aryl methyl sites for hydroxylation is 2. The second-order valence-electron chi connectivity index (χ2n) is 6.31. The molecule has 1 aliphatic heterocycles. The lowest BCUT2D eigenvalue weighted by atomic mass is 10.1. The number of nitrogens with zero attached hydrogens (tertiary/aromatic N) is 3. The summed E-state index contributed by atoms with van der Waals surface area (Å²) in [4.78, 5) is 17.3. The van der Waals surface area contributed by atoms with Crippen LogP contribution < -0.4 is 14.8 Å². The third-order valence-corrected chi connectivity index (χ3v) is 4.87. The van der Waals surface area contributed by atoms with Crippen LogP contribution in [-0.2, 0) is 13.5 Å². The number of ether oxygens (including phenoxy) is 2. The fourth-order valence-electron chi connectivity index (χ4n) is 3.07. The Morgan fingerprint density at radius 2 is 2.00 bits per heavy atom. The number of halogens is 1. The molecular weight excluding hydrogens is 380 g/mol. The van der Waals surface area contributed by atoms with Gasteiger partial charge in [-0.3, -0.25) is 9.48 Å². The van der Waals surface area contributed by atoms with E-state index >= 15 is 0 Å². The van der Waals surface area contributed by atoms with E-state index in [-0.39, 0.29) is 5.91 Å². The van der Waals surface area contributed by atoms with Gasteiger partial charge in [0.05, 0.1) is 17.0 Å². The maximum atomic E-state index is 12.7. The fourth-order valence-corrected chi connectivity index (χ4v) is 3.31. The first-order valence-corrected chi connectivity index (χ1v) is 9.34. The summed E-state index contributed by atoms with van der Waals surface area (Å²) in [5.74, 6) is 1.51. The molecule has 0 radical (unpaired) electrons. The van der Waals surface area contributed by atoms with Crippen molar-refractivity contribution in [1.29, 1.82) is 0 Å². The van der Waals surface area contributed by atoms with Crippen molar-refractivity contribution < 1.29 is 14.3 Å². The van der Waals surface area contributed by atoms with E-state index in [1.807, 2.05) is 37.3 Å². The molecule has 7 nitrogen and oxygen atoms in total. The minimum absolute atomic E-state index is 0.303. The Labute approximate surface area is 167 Å². The zero-order chi connectivity index (χ0) is 19.7. The summed E-state index contributed by atoms with van der Waals surface area (Å²) in [5.41, 5.74) is 2.60. The van der Waals surface area contributed by atoms with Crippen molar-refractivity contribution in [3.63, 3.8) is 0 Å². The van der Waals surface area contributed by atoms with E-state index in [1.54, 1.807) is 13.1 Å². The van der Waals surface area contributed by atoms with E-state index in [9.17, 15) is 4.79 Å². The standard InChI is InChI=1S/C20H19ClN4O3/c1-3-13-18(19(21)25(2)24-13)20(26)23-17-6-4-5-14(22-17)12-7-8-15-16(11-12)28-10-9-27-15/h4-8,11H,3,9-10H2,1-2H3,(H,22,23,26). The number of anilines is 1. The Kier molecular flexibility index (Phi) is 4.92. The molecule has 1 aliphatic rings. The van der Waals surface area contributed by atoms with Crippen molar-refractivity contribution in [2.45, 2.75) is 13.3 Å². The van der Waals surface area contributed by atoms with Gasteiger partial charge in [0.25, 0.3) is 5.91 Å². The van der Waals surface area contributed by atoms with Gasteiger partial charge in [0, 0.05) is 12.6 Å². The van der Waals surface area contributed by atoms with E-state index in [2.05, 4.69) is 15.4 Å². The van der Waals surface area contributed by atoms with Crippen LogP contribution in [-0.4, -0.2) is 33.9 Å². The highest BCUT2D eigenvalue weighted by molar-refractivity contribution is 6.33. The molecule has 3 aromatic rings. The minimum Gasteiger partial charge on any atom is -0.486 e. The molecule has 1 amide bonds. The minimum atomic E-state index is -0.332. The summed E-state index contributed by atoms with van der Waals surface area (Å²) >= 11 is 6.24. The lowest BCUT2D eigenvalue weighted by Crippen LogP contribution is -2.15. The largest absolute Gasteiger partial charge is 0.486 e. The zero-order valence-electron chi connectivity index (χ0n) is 15.5. The van der Waals surface area contributed by atoms with E-state index < -0.39 is 0 Å². The molecule has 0 fully saturated rings. The Bertz CT molecular complexity index is 1050. The number of benzene rings is 1. The number of hydrogen-bond donors (Lipinski definition) is 1. The molecule has 8 heteroatoms. The number of carbonyl (C=O) groups excluding carboxylic acids is 1. The molecule has 0 atom stereocenters. The summed E-state index contributed by atoms with van der Waals surface area (Å²) < 4.78 is 12.7. The molecule has 28 heavy (non-hydrogen) atoms. The van der Waals surface area contributed by atoms with Gasteiger partial charge < -0.3 is 14.8 Å². The second-order valence-corrected chi connectivity index (χ2v) is 6.67. The van der Waals surface area contributed by atoms with Crippen LogP contribution in [0.5, 0.6) is 11.5 Å². The molecule has 4 rings (SSSR count). The van der Waals surface area contributed by atoms with E-state index in [4.69, 9.17) is 21.1 Å². The van der Waals surface area contributed by atoms with Gasteiger partial charge in [-0.25, -0.2) is 4.98 Å². The summed E-state index contributed by atoms with van der Waals surface area (Å²) in [7, 11) is 1.71. The first-order valence-electron chi connectivity index (χ1n) is 8.96. The molecule has 144 valence electrons. The van der Waals surface area contributed by atoms with Crippen molar-refractivity contribution in [1.82, 2.24) is 14.8 Å². The number of pyridine rings is 1. The van der Waals surface area contributed by atoms with Crippen molar-refractivity contribution in [2.24, 2.45) is 7.05 Å². The molecule has 0 bridgehead atoms. The Morgan fingerprint density at radius 1 is 1.21 bits per heavy atom. The van der Waals surface area contributed by atoms with Crippen LogP contribution in [0.3, 0.4) is 0 Å². The number of amides is 1. The predicted molar refractivity (Wildman–Crippen MR) is 106 cm³/mol. The number of hydrogen-bond acceptors (Lipinski definition) is 5. The molecule has 1 N–H and O–H groups in total. The lowest BCUT2D eigenvalue weighted by Gasteiger charge is -2.18. The van der Waals surface area contributed by atoms with Crippen molar-refractivity contribution >= 4 is 23.3 Å². The molecule has 2 aromatic heterocycles. The monoisotopic (exact) mass is 398 g/mol. The van der Waals surface area contributed by atoms with Gasteiger partial charge in [0.2, 0.25) is 0 Å². The second kappa shape index (κ2) is 7.52. The normalized spacial score (nSPS) is 12.7. The van der Waals surface area contributed by atoms with Crippen LogP contribution >= 0.6 is 11.6 Å². The molecule has 0 saturated heterocycles. The van der Waals surface area contributed by atoms with E-state index in [1.165, 1.54) is 4.68 Å². The van der Waals surface area contributed by atoms with Crippen LogP contribution in [0.15, 0.2) is 36.4 Å². The van der Waals surface area contributed by atoms with Gasteiger partial charge in [-0.2, -0.15) is 5.10 Å². The Morgan fingerprint density at radius 3 is 2.79 bits per heavy atom. The van der Waals surface area contributed by atoms with Crippen molar-refractivity contribution in [2.75, 3.05) is 18.5 Å². The quantitative estimate of drug-likeness (QED) is 0.724. The third-order valence-electron chi connectivity index (χ3n) is 4.44. The molecule has 0 saturated carbocycles. The van der Waals surface area contributed by atoms with Crippen LogP contribution in [0.1, 0.15) is 23.0 Å².